The molecule has 0 bridgehead atoms. The number of hydrazine groups is 1. The highest BCUT2D eigenvalue weighted by Crippen LogP contribution is 2.31. The third kappa shape index (κ3) is 3.03. The maximum Gasteiger partial charge on any atom is 0.134 e. The van der Waals surface area contributed by atoms with Gasteiger partial charge in [0.15, 0.2) is 0 Å². The molecule has 0 fully saturated rings. The molecule has 1 heterocycles. The molecule has 1 aromatic heterocycles. The number of rotatable bonds is 3. The van der Waals surface area contributed by atoms with Gasteiger partial charge in [0, 0.05) is 14.3 Å². The Hall–Kier alpha value is -1.21. The molecule has 0 spiro atoms. The lowest BCUT2D eigenvalue weighted by molar-refractivity contribution is 0.477. The lowest BCUT2D eigenvalue weighted by Crippen LogP contribution is -2.28. The fourth-order valence-electron chi connectivity index (χ4n) is 2.26. The molecule has 21 heavy (non-hydrogen) atoms. The summed E-state index contributed by atoms with van der Waals surface area (Å²) in [6, 6.07) is 11.7. The minimum Gasteiger partial charge on any atom is -0.459 e. The molecule has 0 aliphatic heterocycles. The summed E-state index contributed by atoms with van der Waals surface area (Å²) in [5.41, 5.74) is 4.29. The van der Waals surface area contributed by atoms with Crippen molar-refractivity contribution in [2.45, 2.75) is 6.04 Å². The highest BCUT2D eigenvalue weighted by atomic mass is 79.9. The first-order chi connectivity index (χ1) is 10.1. The summed E-state index contributed by atoms with van der Waals surface area (Å²) in [6.07, 6.45) is 0. The normalized spacial score (nSPS) is 12.8. The lowest BCUT2D eigenvalue weighted by Gasteiger charge is -2.14. The van der Waals surface area contributed by atoms with Gasteiger partial charge in [0.05, 0.1) is 0 Å². The maximum atomic E-state index is 13.3. The van der Waals surface area contributed by atoms with Crippen molar-refractivity contribution < 1.29 is 8.81 Å². The molecule has 3 rings (SSSR count). The van der Waals surface area contributed by atoms with Crippen LogP contribution in [0, 0.1) is 5.82 Å². The van der Waals surface area contributed by atoms with Crippen molar-refractivity contribution in [3.63, 3.8) is 0 Å². The van der Waals surface area contributed by atoms with Gasteiger partial charge in [-0.15, -0.1) is 0 Å². The van der Waals surface area contributed by atoms with Gasteiger partial charge in [-0.3, -0.25) is 5.84 Å². The molecule has 3 nitrogen and oxygen atoms in total. The zero-order chi connectivity index (χ0) is 15.0. The summed E-state index contributed by atoms with van der Waals surface area (Å²) in [5, 5.41) is 0.708. The van der Waals surface area contributed by atoms with E-state index in [0.29, 0.717) is 16.7 Å². The molecule has 0 saturated heterocycles. The van der Waals surface area contributed by atoms with Crippen molar-refractivity contribution in [1.29, 1.82) is 0 Å². The van der Waals surface area contributed by atoms with Crippen LogP contribution >= 0.6 is 31.9 Å². The highest BCUT2D eigenvalue weighted by molar-refractivity contribution is 9.11. The number of hydrogen-bond donors (Lipinski definition) is 2. The number of fused-ring (bicyclic) bond motifs is 1. The molecule has 1 unspecified atom stereocenters. The Morgan fingerprint density at radius 1 is 1.05 bits per heavy atom. The summed E-state index contributed by atoms with van der Waals surface area (Å²) in [6.45, 7) is 0. The summed E-state index contributed by atoms with van der Waals surface area (Å²) >= 11 is 6.90. The zero-order valence-electron chi connectivity index (χ0n) is 10.7. The van der Waals surface area contributed by atoms with Crippen molar-refractivity contribution in [3.8, 4) is 0 Å². The van der Waals surface area contributed by atoms with Gasteiger partial charge in [-0.2, -0.15) is 0 Å². The quantitative estimate of drug-likeness (QED) is 0.485. The van der Waals surface area contributed by atoms with E-state index in [9.17, 15) is 4.39 Å². The second-order valence-corrected chi connectivity index (χ2v) is 6.46. The number of benzene rings is 2. The molecule has 0 saturated carbocycles. The van der Waals surface area contributed by atoms with Crippen molar-refractivity contribution in [2.24, 2.45) is 5.84 Å². The van der Waals surface area contributed by atoms with Crippen molar-refractivity contribution in [3.05, 3.63) is 68.6 Å². The minimum atomic E-state index is -0.325. The van der Waals surface area contributed by atoms with Gasteiger partial charge in [-0.05, 0) is 48.0 Å². The highest BCUT2D eigenvalue weighted by Gasteiger charge is 2.18. The van der Waals surface area contributed by atoms with Crippen LogP contribution in [0.4, 0.5) is 4.39 Å². The van der Waals surface area contributed by atoms with Gasteiger partial charge in [-0.25, -0.2) is 9.82 Å². The Balaban J connectivity index is 2.08. The molecule has 3 N–H and O–H groups in total. The fourth-order valence-corrected chi connectivity index (χ4v) is 3.59. The van der Waals surface area contributed by atoms with E-state index in [1.807, 2.05) is 18.2 Å². The molecular formula is C15H11Br2FN2O. The van der Waals surface area contributed by atoms with E-state index >= 15 is 0 Å². The van der Waals surface area contributed by atoms with Crippen LogP contribution in [0.25, 0.3) is 11.0 Å². The first-order valence-electron chi connectivity index (χ1n) is 6.18. The van der Waals surface area contributed by atoms with Gasteiger partial charge in [0.2, 0.25) is 0 Å². The van der Waals surface area contributed by atoms with Crippen LogP contribution in [-0.4, -0.2) is 0 Å². The first kappa shape index (κ1) is 14.7. The van der Waals surface area contributed by atoms with Gasteiger partial charge in [-0.1, -0.05) is 31.9 Å². The molecule has 0 radical (unpaired) electrons. The average molecular weight is 414 g/mol. The third-order valence-corrected chi connectivity index (χ3v) is 4.08. The first-order valence-corrected chi connectivity index (χ1v) is 7.76. The van der Waals surface area contributed by atoms with E-state index in [0.717, 1.165) is 14.5 Å². The number of nitrogens with one attached hydrogen (secondary N) is 1. The van der Waals surface area contributed by atoms with Crippen LogP contribution in [0.5, 0.6) is 0 Å². The Morgan fingerprint density at radius 2 is 1.76 bits per heavy atom. The van der Waals surface area contributed by atoms with Crippen LogP contribution in [0.15, 0.2) is 55.8 Å². The van der Waals surface area contributed by atoms with Crippen LogP contribution in [0.2, 0.25) is 0 Å². The standard InChI is InChI=1S/C15H11Br2FN2O/c16-10-3-9(4-11(17)7-10)15(20-19)14-6-8-5-12(18)1-2-13(8)21-14/h1-7,15,20H,19H2. The predicted molar refractivity (Wildman–Crippen MR) is 87.2 cm³/mol. The Labute approximate surface area is 137 Å². The second-order valence-electron chi connectivity index (χ2n) is 4.63. The Bertz CT molecular complexity index is 783. The van der Waals surface area contributed by atoms with E-state index in [1.54, 1.807) is 12.1 Å². The van der Waals surface area contributed by atoms with Crippen LogP contribution in [-0.2, 0) is 0 Å². The summed E-state index contributed by atoms with van der Waals surface area (Å²) in [5.74, 6) is 6.01. The van der Waals surface area contributed by atoms with E-state index in [4.69, 9.17) is 10.3 Å². The molecular weight excluding hydrogens is 403 g/mol. The Morgan fingerprint density at radius 3 is 2.43 bits per heavy atom. The predicted octanol–water partition coefficient (Wildman–Crippen LogP) is 4.65. The largest absolute Gasteiger partial charge is 0.459 e. The number of nitrogens with two attached hydrogens (primary N) is 1. The molecule has 3 aromatic rings. The van der Waals surface area contributed by atoms with Gasteiger partial charge < -0.3 is 4.42 Å². The van der Waals surface area contributed by atoms with Gasteiger partial charge >= 0.3 is 0 Å². The molecule has 0 aliphatic carbocycles. The topological polar surface area (TPSA) is 51.2 Å². The van der Waals surface area contributed by atoms with Crippen LogP contribution < -0.4 is 11.3 Å². The monoisotopic (exact) mass is 412 g/mol. The summed E-state index contributed by atoms with van der Waals surface area (Å²) in [7, 11) is 0. The molecule has 0 amide bonds. The SMILES string of the molecule is NNC(c1cc(Br)cc(Br)c1)c1cc2cc(F)ccc2o1. The Kier molecular flexibility index (Phi) is 4.12. The van der Waals surface area contributed by atoms with Crippen molar-refractivity contribution >= 4 is 42.8 Å². The molecule has 0 aliphatic rings. The third-order valence-electron chi connectivity index (χ3n) is 3.17. The smallest absolute Gasteiger partial charge is 0.134 e. The lowest BCUT2D eigenvalue weighted by atomic mass is 10.1. The molecule has 6 heteroatoms. The van der Waals surface area contributed by atoms with E-state index in [2.05, 4.69) is 37.3 Å². The van der Waals surface area contributed by atoms with E-state index < -0.39 is 0 Å². The molecule has 108 valence electrons. The molecule has 1 atom stereocenters. The van der Waals surface area contributed by atoms with E-state index in [1.165, 1.54) is 12.1 Å². The fraction of sp³-hybridized carbons (Fsp3) is 0.0667. The minimum absolute atomic E-state index is 0.294. The number of furan rings is 1. The zero-order valence-corrected chi connectivity index (χ0v) is 13.9. The summed E-state index contributed by atoms with van der Waals surface area (Å²) in [4.78, 5) is 0. The van der Waals surface area contributed by atoms with Gasteiger partial charge in [0.25, 0.3) is 0 Å². The number of hydrogen-bond acceptors (Lipinski definition) is 3. The van der Waals surface area contributed by atoms with E-state index in [-0.39, 0.29) is 11.9 Å². The van der Waals surface area contributed by atoms with Crippen molar-refractivity contribution in [1.82, 2.24) is 5.43 Å². The van der Waals surface area contributed by atoms with Gasteiger partial charge in [0.1, 0.15) is 23.2 Å². The van der Waals surface area contributed by atoms with Crippen LogP contribution in [0.3, 0.4) is 0 Å². The molecule has 2 aromatic carbocycles. The van der Waals surface area contributed by atoms with Crippen molar-refractivity contribution in [2.75, 3.05) is 0 Å². The summed E-state index contributed by atoms with van der Waals surface area (Å²) < 4.78 is 20.9. The number of halogens is 3. The second kappa shape index (κ2) is 5.88. The average Bonchev–Trinajstić information content (AvgIpc) is 2.81. The maximum absolute atomic E-state index is 13.3. The van der Waals surface area contributed by atoms with Crippen LogP contribution in [0.1, 0.15) is 17.4 Å².